The molecule has 0 aromatic heterocycles. The van der Waals surface area contributed by atoms with Crippen LogP contribution in [0.4, 0.5) is 5.69 Å². The van der Waals surface area contributed by atoms with E-state index in [4.69, 9.17) is 0 Å². The van der Waals surface area contributed by atoms with Crippen LogP contribution in [-0.2, 0) is 17.8 Å². The topological polar surface area (TPSA) is 60.0 Å². The molecule has 7 heteroatoms. The van der Waals surface area contributed by atoms with E-state index < -0.39 is 0 Å². The van der Waals surface area contributed by atoms with Crippen molar-refractivity contribution in [3.8, 4) is 0 Å². The number of benzene rings is 2. The molecule has 1 fully saturated rings. The Labute approximate surface area is 214 Å². The van der Waals surface area contributed by atoms with E-state index in [0.717, 1.165) is 70.1 Å². The number of hydrogen-bond acceptors (Lipinski definition) is 3. The van der Waals surface area contributed by atoms with Crippen molar-refractivity contribution in [2.24, 2.45) is 4.99 Å². The minimum absolute atomic E-state index is 0. The van der Waals surface area contributed by atoms with Crippen molar-refractivity contribution >= 4 is 41.5 Å². The third-order valence-electron chi connectivity index (χ3n) is 6.31. The van der Waals surface area contributed by atoms with Gasteiger partial charge in [0.05, 0.1) is 0 Å². The maximum Gasteiger partial charge on any atom is 0.248 e. The number of para-hydroxylation sites is 1. The molecule has 4 rings (SSSR count). The number of carbonyl (C=O) groups excluding carboxylic acids is 1. The van der Waals surface area contributed by atoms with E-state index in [1.54, 1.807) is 0 Å². The van der Waals surface area contributed by atoms with E-state index in [-0.39, 0.29) is 36.4 Å². The van der Waals surface area contributed by atoms with Crippen LogP contribution in [0.5, 0.6) is 0 Å². The first kappa shape index (κ1) is 25.5. The van der Waals surface area contributed by atoms with Gasteiger partial charge in [-0.15, -0.1) is 24.0 Å². The van der Waals surface area contributed by atoms with Gasteiger partial charge in [0.15, 0.2) is 5.96 Å². The molecule has 0 bridgehead atoms. The second-order valence-corrected chi connectivity index (χ2v) is 8.65. The van der Waals surface area contributed by atoms with Crippen LogP contribution in [0.2, 0.25) is 0 Å². The Morgan fingerprint density at radius 2 is 1.76 bits per heavy atom. The predicted octanol–water partition coefficient (Wildman–Crippen LogP) is 3.80. The van der Waals surface area contributed by atoms with Crippen molar-refractivity contribution in [2.45, 2.75) is 45.2 Å². The van der Waals surface area contributed by atoms with Gasteiger partial charge in [-0.3, -0.25) is 9.69 Å². The van der Waals surface area contributed by atoms with Gasteiger partial charge in [0, 0.05) is 44.5 Å². The lowest BCUT2D eigenvalue weighted by atomic mass is 10.0. The molecule has 2 aromatic carbocycles. The van der Waals surface area contributed by atoms with Crippen molar-refractivity contribution in [1.29, 1.82) is 0 Å². The Kier molecular flexibility index (Phi) is 9.99. The Morgan fingerprint density at radius 1 is 1.03 bits per heavy atom. The smallest absolute Gasteiger partial charge is 0.248 e. The number of halogens is 1. The van der Waals surface area contributed by atoms with E-state index in [1.807, 2.05) is 23.1 Å². The van der Waals surface area contributed by atoms with Crippen molar-refractivity contribution in [2.75, 3.05) is 37.6 Å². The van der Waals surface area contributed by atoms with Gasteiger partial charge in [0.1, 0.15) is 6.54 Å². The Hall–Kier alpha value is -2.13. The molecule has 0 aliphatic carbocycles. The van der Waals surface area contributed by atoms with Crippen LogP contribution in [0.25, 0.3) is 0 Å². The summed E-state index contributed by atoms with van der Waals surface area (Å²) >= 11 is 0. The van der Waals surface area contributed by atoms with E-state index in [1.165, 1.54) is 11.1 Å². The first-order chi connectivity index (χ1) is 15.7. The third-order valence-corrected chi connectivity index (χ3v) is 6.31. The van der Waals surface area contributed by atoms with Gasteiger partial charge in [-0.2, -0.15) is 0 Å². The van der Waals surface area contributed by atoms with E-state index >= 15 is 0 Å². The quantitative estimate of drug-likeness (QED) is 0.320. The SMILES string of the molecule is CCNC(=NCC(=O)N1CCCc2ccccc21)NC1CCN(Cc2ccccc2)CC1.I. The number of piperidine rings is 1. The number of aliphatic imine (C=N–C) groups is 1. The van der Waals surface area contributed by atoms with E-state index in [0.29, 0.717) is 6.04 Å². The van der Waals surface area contributed by atoms with Gasteiger partial charge in [-0.1, -0.05) is 48.5 Å². The summed E-state index contributed by atoms with van der Waals surface area (Å²) in [5, 5.41) is 6.87. The van der Waals surface area contributed by atoms with Gasteiger partial charge in [0.25, 0.3) is 0 Å². The molecule has 2 N–H and O–H groups in total. The first-order valence-corrected chi connectivity index (χ1v) is 11.9. The average Bonchev–Trinajstić information content (AvgIpc) is 2.84. The number of nitrogens with one attached hydrogen (secondary N) is 2. The molecule has 1 saturated heterocycles. The van der Waals surface area contributed by atoms with Crippen LogP contribution in [0.1, 0.15) is 37.3 Å². The van der Waals surface area contributed by atoms with Crippen LogP contribution in [0, 0.1) is 0 Å². The summed E-state index contributed by atoms with van der Waals surface area (Å²) < 4.78 is 0. The van der Waals surface area contributed by atoms with Gasteiger partial charge < -0.3 is 15.5 Å². The summed E-state index contributed by atoms with van der Waals surface area (Å²) in [7, 11) is 0. The van der Waals surface area contributed by atoms with Crippen molar-refractivity contribution in [1.82, 2.24) is 15.5 Å². The zero-order valence-electron chi connectivity index (χ0n) is 19.5. The second-order valence-electron chi connectivity index (χ2n) is 8.65. The number of nitrogens with zero attached hydrogens (tertiary/aromatic N) is 3. The molecule has 0 saturated carbocycles. The summed E-state index contributed by atoms with van der Waals surface area (Å²) in [5.74, 6) is 0.805. The van der Waals surface area contributed by atoms with Gasteiger partial charge in [0.2, 0.25) is 5.91 Å². The first-order valence-electron chi connectivity index (χ1n) is 11.9. The maximum absolute atomic E-state index is 12.9. The number of likely N-dealkylation sites (tertiary alicyclic amines) is 1. The van der Waals surface area contributed by atoms with E-state index in [9.17, 15) is 4.79 Å². The molecule has 2 aromatic rings. The highest BCUT2D eigenvalue weighted by Gasteiger charge is 2.23. The number of hydrogen-bond donors (Lipinski definition) is 2. The molecule has 0 atom stereocenters. The summed E-state index contributed by atoms with van der Waals surface area (Å²) in [4.78, 5) is 22.0. The lowest BCUT2D eigenvalue weighted by molar-refractivity contribution is -0.117. The third kappa shape index (κ3) is 7.17. The van der Waals surface area contributed by atoms with Crippen molar-refractivity contribution in [3.05, 3.63) is 65.7 Å². The van der Waals surface area contributed by atoms with Gasteiger partial charge >= 0.3 is 0 Å². The molecule has 0 unspecified atom stereocenters. The summed E-state index contributed by atoms with van der Waals surface area (Å²) in [5.41, 5.74) is 3.66. The van der Waals surface area contributed by atoms with Crippen LogP contribution in [0.15, 0.2) is 59.6 Å². The molecule has 0 radical (unpaired) electrons. The Balaban J connectivity index is 0.00000306. The highest BCUT2D eigenvalue weighted by molar-refractivity contribution is 14.0. The van der Waals surface area contributed by atoms with E-state index in [2.05, 4.69) is 63.8 Å². The molecule has 2 aliphatic heterocycles. The average molecular weight is 562 g/mol. The summed E-state index contributed by atoms with van der Waals surface area (Å²) in [6, 6.07) is 19.2. The van der Waals surface area contributed by atoms with Crippen LogP contribution in [-0.4, -0.2) is 55.5 Å². The summed E-state index contributed by atoms with van der Waals surface area (Å²) in [6.45, 7) is 6.91. The normalized spacial score (nSPS) is 17.1. The fraction of sp³-hybridized carbons (Fsp3) is 0.462. The minimum atomic E-state index is 0. The number of carbonyl (C=O) groups is 1. The van der Waals surface area contributed by atoms with Crippen molar-refractivity contribution < 1.29 is 4.79 Å². The highest BCUT2D eigenvalue weighted by Crippen LogP contribution is 2.26. The number of fused-ring (bicyclic) bond motifs is 1. The molecule has 2 heterocycles. The van der Waals surface area contributed by atoms with Crippen LogP contribution >= 0.6 is 24.0 Å². The fourth-order valence-electron chi connectivity index (χ4n) is 4.62. The maximum atomic E-state index is 12.9. The Morgan fingerprint density at radius 3 is 2.52 bits per heavy atom. The molecule has 6 nitrogen and oxygen atoms in total. The zero-order chi connectivity index (χ0) is 22.2. The molecular weight excluding hydrogens is 525 g/mol. The predicted molar refractivity (Wildman–Crippen MR) is 146 cm³/mol. The molecule has 2 aliphatic rings. The number of amides is 1. The summed E-state index contributed by atoms with van der Waals surface area (Å²) in [6.07, 6.45) is 4.19. The van der Waals surface area contributed by atoms with Crippen LogP contribution < -0.4 is 15.5 Å². The molecule has 178 valence electrons. The second kappa shape index (κ2) is 12.9. The fourth-order valence-corrected chi connectivity index (χ4v) is 4.62. The van der Waals surface area contributed by atoms with Gasteiger partial charge in [-0.25, -0.2) is 4.99 Å². The zero-order valence-corrected chi connectivity index (χ0v) is 21.8. The lowest BCUT2D eigenvalue weighted by Gasteiger charge is -2.33. The number of anilines is 1. The molecule has 33 heavy (non-hydrogen) atoms. The number of aryl methyl sites for hydroxylation is 1. The molecule has 1 amide bonds. The monoisotopic (exact) mass is 561 g/mol. The molecule has 0 spiro atoms. The molecular formula is C26H36IN5O. The minimum Gasteiger partial charge on any atom is -0.357 e. The Bertz CT molecular complexity index is 912. The highest BCUT2D eigenvalue weighted by atomic mass is 127. The standard InChI is InChI=1S/C26H35N5O.HI/c1-2-27-26(28-19-25(32)31-16-8-12-22-11-6-7-13-24(22)31)29-23-14-17-30(18-15-23)20-21-9-4-3-5-10-21;/h3-7,9-11,13,23H,2,8,12,14-20H2,1H3,(H2,27,28,29);1H. The van der Waals surface area contributed by atoms with Crippen molar-refractivity contribution in [3.63, 3.8) is 0 Å². The van der Waals surface area contributed by atoms with Gasteiger partial charge in [-0.05, 0) is 49.8 Å². The lowest BCUT2D eigenvalue weighted by Crippen LogP contribution is -2.49. The number of rotatable bonds is 6. The largest absolute Gasteiger partial charge is 0.357 e. The number of guanidine groups is 1. The van der Waals surface area contributed by atoms with Crippen LogP contribution in [0.3, 0.4) is 0 Å².